The molecule has 4 aromatic carbocycles. The number of benzene rings is 4. The van der Waals surface area contributed by atoms with E-state index in [0.717, 1.165) is 0 Å². The topological polar surface area (TPSA) is 46.2 Å². The predicted octanol–water partition coefficient (Wildman–Crippen LogP) is 8.00. The van der Waals surface area contributed by atoms with Crippen LogP contribution in [-0.2, 0) is 35.8 Å². The molecule has 0 unspecified atom stereocenters. The minimum atomic E-state index is -2.46. The maximum Gasteiger partial charge on any atom is 0.0627 e. The molecule has 0 aliphatic rings. The number of nitrogens with one attached hydrogen (secondary N) is 1. The van der Waals surface area contributed by atoms with Crippen molar-refractivity contribution in [3.05, 3.63) is 153 Å². The Morgan fingerprint density at radius 3 is 1.21 bits per heavy atom. The molecule has 3 nitrogen and oxygen atoms in total. The van der Waals surface area contributed by atoms with Crippen molar-refractivity contribution in [2.75, 3.05) is 13.1 Å². The van der Waals surface area contributed by atoms with Crippen LogP contribution in [0.4, 0.5) is 0 Å². The van der Waals surface area contributed by atoms with Crippen LogP contribution in [-0.4, -0.2) is 25.7 Å². The van der Waals surface area contributed by atoms with Gasteiger partial charge in [-0.25, -0.2) is 0 Å². The van der Waals surface area contributed by atoms with Crippen LogP contribution in [0.2, 0.25) is 0 Å². The maximum atomic E-state index is 9.88. The second-order valence-electron chi connectivity index (χ2n) is 9.22. The van der Waals surface area contributed by atoms with Crippen LogP contribution in [0.25, 0.3) is 0 Å². The van der Waals surface area contributed by atoms with Gasteiger partial charge < -0.3 is 14.9 Å². The monoisotopic (exact) mass is 647 g/mol. The third-order valence-corrected chi connectivity index (χ3v) is 5.77. The molecular weight excluding hydrogens is 594 g/mol. The van der Waals surface area contributed by atoms with Crippen molar-refractivity contribution in [1.29, 1.82) is 0 Å². The Kier molecular flexibility index (Phi) is 10.6. The molecule has 4 aromatic rings. The molecule has 0 amide bonds. The van der Waals surface area contributed by atoms with Crippen LogP contribution < -0.4 is 5.32 Å². The molecule has 0 aliphatic heterocycles. The molecule has 0 atom stereocenters. The second kappa shape index (κ2) is 20.6. The van der Waals surface area contributed by atoms with Crippen molar-refractivity contribution < 1.29 is 52.2 Å². The van der Waals surface area contributed by atoms with Gasteiger partial charge in [0.05, 0.1) is 12.6 Å². The molecule has 220 valence electrons. The number of carbonyl (C=O) groups excluding carboxylic acids is 2. The molecule has 42 heavy (non-hydrogen) atoms. The zero-order valence-corrected chi connectivity index (χ0v) is 26.3. The minimum Gasteiger partial charge on any atom is -0.376 e. The molecule has 0 aromatic heterocycles. The first kappa shape index (κ1) is 21.5. The van der Waals surface area contributed by atoms with E-state index in [-0.39, 0.29) is 59.6 Å². The Labute approximate surface area is 290 Å². The SMILES string of the molecule is O=[C-]c1ccccc1.O=[C-]c1ccccc1.[2H]C([2H])([2H])c1cc(C)cc(C([2H])([2H])[2H])c1[CH-]CCNCC[CH-]c1c(C([2H])([2H])[2H])cc(C)cc1C([2H])([2H])[2H].[Zr]. The van der Waals surface area contributed by atoms with E-state index < -0.39 is 27.4 Å². The molecule has 0 saturated carbocycles. The summed E-state index contributed by atoms with van der Waals surface area (Å²) < 4.78 is 94.0. The van der Waals surface area contributed by atoms with Gasteiger partial charge in [-0.2, -0.15) is 81.6 Å². The van der Waals surface area contributed by atoms with Gasteiger partial charge in [0.15, 0.2) is 0 Å². The Balaban J connectivity index is 0.000000697. The number of aryl methyl sites for hydroxylation is 6. The van der Waals surface area contributed by atoms with Crippen molar-refractivity contribution in [1.82, 2.24) is 5.32 Å². The largest absolute Gasteiger partial charge is 0.376 e. The summed E-state index contributed by atoms with van der Waals surface area (Å²) in [4.78, 5) is 19.8. The Morgan fingerprint density at radius 1 is 0.619 bits per heavy atom. The van der Waals surface area contributed by atoms with Crippen LogP contribution >= 0.6 is 0 Å². The van der Waals surface area contributed by atoms with Crippen molar-refractivity contribution in [2.45, 2.75) is 54.1 Å². The number of hydrogen-bond donors (Lipinski definition) is 1. The summed E-state index contributed by atoms with van der Waals surface area (Å²) in [6.45, 7) is -5.70. The molecule has 4 rings (SSSR count). The third kappa shape index (κ3) is 13.6. The van der Waals surface area contributed by atoms with Gasteiger partial charge in [0.25, 0.3) is 0 Å². The predicted molar refractivity (Wildman–Crippen MR) is 173 cm³/mol. The molecule has 0 aliphatic carbocycles. The number of hydrogen-bond acceptors (Lipinski definition) is 3. The van der Waals surface area contributed by atoms with Crippen molar-refractivity contribution >= 4 is 12.6 Å². The van der Waals surface area contributed by atoms with E-state index in [1.165, 1.54) is 24.3 Å². The zero-order valence-electron chi connectivity index (χ0n) is 35.9. The van der Waals surface area contributed by atoms with Crippen molar-refractivity contribution in [2.24, 2.45) is 0 Å². The molecule has 0 saturated heterocycles. The first-order chi connectivity index (χ1) is 24.6. The fourth-order valence-corrected chi connectivity index (χ4v) is 3.81. The third-order valence-electron chi connectivity index (χ3n) is 5.77. The molecule has 0 radical (unpaired) electrons. The normalized spacial score (nSPS) is 15.1. The summed E-state index contributed by atoms with van der Waals surface area (Å²) in [6.07, 6.45) is 7.50. The van der Waals surface area contributed by atoms with Crippen LogP contribution in [0, 0.1) is 54.1 Å². The van der Waals surface area contributed by atoms with E-state index in [4.69, 9.17) is 16.4 Å². The molecule has 0 fully saturated rings. The Hall–Kier alpha value is -3.20. The average molecular weight is 649 g/mol. The standard InChI is InChI=1S/C24H33N.2C7H5O.Zr/c1-17-13-19(3)23(20(4)14-17)9-7-11-25-12-8-10-24-21(5)15-18(2)16-22(24)6;2*8-6-7-4-2-1-3-5-7;/h9-10,13-16,25H,7-8,11-12H2,1-6H3;2*1-5H;/q-2;2*-1;/i3D3,4D3,5D3,6D3;;;. The summed E-state index contributed by atoms with van der Waals surface area (Å²) in [6, 6.07) is 23.8. The van der Waals surface area contributed by atoms with Crippen LogP contribution in [0.15, 0.2) is 84.9 Å². The quantitative estimate of drug-likeness (QED) is 0.140. The Morgan fingerprint density at radius 2 is 0.952 bits per heavy atom. The van der Waals surface area contributed by atoms with E-state index >= 15 is 0 Å². The van der Waals surface area contributed by atoms with Gasteiger partial charge in [0.1, 0.15) is 0 Å². The van der Waals surface area contributed by atoms with Gasteiger partial charge in [-0.05, 0) is 26.9 Å². The fourth-order valence-electron chi connectivity index (χ4n) is 3.81. The van der Waals surface area contributed by atoms with Crippen LogP contribution in [0.3, 0.4) is 0 Å². The summed E-state index contributed by atoms with van der Waals surface area (Å²) in [7, 11) is 0. The second-order valence-corrected chi connectivity index (χ2v) is 9.22. The van der Waals surface area contributed by atoms with Gasteiger partial charge in [0.2, 0.25) is 0 Å². The average Bonchev–Trinajstić information content (AvgIpc) is 3.08. The zero-order chi connectivity index (χ0) is 40.0. The smallest absolute Gasteiger partial charge is 0.0627 e. The summed E-state index contributed by atoms with van der Waals surface area (Å²) in [5.74, 6) is 0. The van der Waals surface area contributed by atoms with E-state index in [2.05, 4.69) is 5.32 Å². The first-order valence-electron chi connectivity index (χ1n) is 19.1. The molecule has 4 heteroatoms. The van der Waals surface area contributed by atoms with E-state index in [0.29, 0.717) is 48.2 Å². The number of rotatable bonds is 10. The minimum absolute atomic E-state index is 0. The van der Waals surface area contributed by atoms with Crippen molar-refractivity contribution in [3.63, 3.8) is 0 Å². The Bertz CT molecular complexity index is 1550. The molecule has 0 bridgehead atoms. The van der Waals surface area contributed by atoms with E-state index in [1.807, 2.05) is 12.1 Å². The van der Waals surface area contributed by atoms with Crippen molar-refractivity contribution in [3.8, 4) is 0 Å². The summed E-state index contributed by atoms with van der Waals surface area (Å²) in [5, 5.41) is 3.16. The molecular formula is C38H43NO2Zr-4. The van der Waals surface area contributed by atoms with Gasteiger partial charge in [0, 0.05) is 42.7 Å². The molecule has 1 N–H and O–H groups in total. The first-order valence-corrected chi connectivity index (χ1v) is 13.1. The molecule has 0 heterocycles. The fraction of sp³-hybridized carbons (Fsp3) is 0.263. The molecule has 0 spiro atoms. The van der Waals surface area contributed by atoms with Gasteiger partial charge >= 0.3 is 0 Å². The van der Waals surface area contributed by atoms with Gasteiger partial charge in [-0.3, -0.25) is 0 Å². The van der Waals surface area contributed by atoms with Crippen LogP contribution in [0.1, 0.15) is 84.9 Å². The van der Waals surface area contributed by atoms with E-state index in [1.54, 1.807) is 87.8 Å². The van der Waals surface area contributed by atoms with E-state index in [9.17, 15) is 9.59 Å². The van der Waals surface area contributed by atoms with Crippen LogP contribution in [0.5, 0.6) is 0 Å². The van der Waals surface area contributed by atoms with Gasteiger partial charge in [-0.15, -0.1) is 48.5 Å². The summed E-state index contributed by atoms with van der Waals surface area (Å²) >= 11 is 0. The van der Waals surface area contributed by atoms with Gasteiger partial charge in [-0.1, -0.05) is 63.5 Å². The maximum absolute atomic E-state index is 9.88. The summed E-state index contributed by atoms with van der Waals surface area (Å²) in [5.41, 5.74) is 2.73.